The van der Waals surface area contributed by atoms with Crippen molar-refractivity contribution in [2.75, 3.05) is 13.1 Å². The Bertz CT molecular complexity index is 576. The fraction of sp³-hybridized carbons (Fsp3) is 0.333. The van der Waals surface area contributed by atoms with Crippen LogP contribution < -0.4 is 10.1 Å². The molecule has 2 aromatic rings. The summed E-state index contributed by atoms with van der Waals surface area (Å²) in [6.45, 7) is 2.44. The van der Waals surface area contributed by atoms with E-state index in [1.54, 1.807) is 12.1 Å². The molecule has 3 heteroatoms. The molecular weight excluding hydrogens is 265 g/mol. The van der Waals surface area contributed by atoms with Crippen molar-refractivity contribution in [3.63, 3.8) is 0 Å². The number of hydrogen-bond acceptors (Lipinski definition) is 2. The van der Waals surface area contributed by atoms with Crippen LogP contribution >= 0.6 is 0 Å². The van der Waals surface area contributed by atoms with Crippen LogP contribution in [-0.4, -0.2) is 13.1 Å². The predicted molar refractivity (Wildman–Crippen MR) is 82.0 cm³/mol. The highest BCUT2D eigenvalue weighted by Gasteiger charge is 2.14. The maximum Gasteiger partial charge on any atom is 0.129 e. The molecule has 0 bridgehead atoms. The van der Waals surface area contributed by atoms with E-state index in [9.17, 15) is 4.39 Å². The Labute approximate surface area is 125 Å². The molecule has 2 aromatic carbocycles. The first-order valence-corrected chi connectivity index (χ1v) is 7.50. The predicted octanol–water partition coefficient (Wildman–Crippen LogP) is 3.87. The summed E-state index contributed by atoms with van der Waals surface area (Å²) in [6, 6.07) is 14.9. The van der Waals surface area contributed by atoms with Gasteiger partial charge in [0.1, 0.15) is 18.2 Å². The molecular formula is C18H20FNO. The van der Waals surface area contributed by atoms with Gasteiger partial charge < -0.3 is 10.1 Å². The van der Waals surface area contributed by atoms with Crippen LogP contribution in [0.3, 0.4) is 0 Å². The van der Waals surface area contributed by atoms with Crippen molar-refractivity contribution in [1.82, 2.24) is 5.32 Å². The largest absolute Gasteiger partial charge is 0.489 e. The molecule has 2 nitrogen and oxygen atoms in total. The number of benzene rings is 2. The van der Waals surface area contributed by atoms with E-state index in [4.69, 9.17) is 4.74 Å². The number of hydrogen-bond donors (Lipinski definition) is 1. The van der Waals surface area contributed by atoms with Crippen LogP contribution in [0.4, 0.5) is 4.39 Å². The van der Waals surface area contributed by atoms with Crippen LogP contribution in [0.25, 0.3) is 0 Å². The lowest BCUT2D eigenvalue weighted by Crippen LogP contribution is -2.28. The second kappa shape index (κ2) is 6.72. The third kappa shape index (κ3) is 3.61. The zero-order chi connectivity index (χ0) is 14.5. The standard InChI is InChI=1S/C18H20FNO/c19-18-6-2-1-4-16(18)13-21-17-9-7-14(8-10-17)15-5-3-11-20-12-15/h1-2,4,6-10,15,20H,3,5,11-13H2. The fourth-order valence-corrected chi connectivity index (χ4v) is 2.75. The molecule has 0 spiro atoms. The molecule has 1 fully saturated rings. The molecule has 0 aliphatic carbocycles. The number of rotatable bonds is 4. The Morgan fingerprint density at radius 1 is 1.10 bits per heavy atom. The summed E-state index contributed by atoms with van der Waals surface area (Å²) in [6.07, 6.45) is 2.47. The van der Waals surface area contributed by atoms with Crippen molar-refractivity contribution in [1.29, 1.82) is 0 Å². The van der Waals surface area contributed by atoms with Crippen LogP contribution in [0.5, 0.6) is 5.75 Å². The molecule has 0 radical (unpaired) electrons. The average Bonchev–Trinajstić information content (AvgIpc) is 2.55. The van der Waals surface area contributed by atoms with Gasteiger partial charge in [-0.15, -0.1) is 0 Å². The Morgan fingerprint density at radius 3 is 2.62 bits per heavy atom. The minimum absolute atomic E-state index is 0.220. The lowest BCUT2D eigenvalue weighted by atomic mass is 9.92. The minimum atomic E-state index is -0.220. The van der Waals surface area contributed by atoms with E-state index in [0.717, 1.165) is 18.8 Å². The van der Waals surface area contributed by atoms with Gasteiger partial charge in [-0.3, -0.25) is 0 Å². The highest BCUT2D eigenvalue weighted by molar-refractivity contribution is 5.30. The summed E-state index contributed by atoms with van der Waals surface area (Å²) in [4.78, 5) is 0. The summed E-state index contributed by atoms with van der Waals surface area (Å²) in [5.41, 5.74) is 1.93. The molecule has 21 heavy (non-hydrogen) atoms. The Balaban J connectivity index is 1.60. The van der Waals surface area contributed by atoms with Gasteiger partial charge in [-0.1, -0.05) is 30.3 Å². The smallest absolute Gasteiger partial charge is 0.129 e. The molecule has 1 heterocycles. The monoisotopic (exact) mass is 285 g/mol. The maximum absolute atomic E-state index is 13.5. The third-order valence-electron chi connectivity index (χ3n) is 4.00. The van der Waals surface area contributed by atoms with Crippen LogP contribution in [0.2, 0.25) is 0 Å². The highest BCUT2D eigenvalue weighted by atomic mass is 19.1. The molecule has 0 amide bonds. The van der Waals surface area contributed by atoms with Crippen molar-refractivity contribution in [3.8, 4) is 5.75 Å². The first kappa shape index (κ1) is 14.1. The molecule has 3 rings (SSSR count). The van der Waals surface area contributed by atoms with Crippen molar-refractivity contribution in [2.45, 2.75) is 25.4 Å². The lowest BCUT2D eigenvalue weighted by molar-refractivity contribution is 0.299. The molecule has 0 saturated carbocycles. The van der Waals surface area contributed by atoms with Crippen molar-refractivity contribution in [3.05, 3.63) is 65.5 Å². The zero-order valence-corrected chi connectivity index (χ0v) is 12.0. The SMILES string of the molecule is Fc1ccccc1COc1ccc(C2CCCNC2)cc1. The van der Waals surface area contributed by atoms with Crippen LogP contribution in [0.1, 0.15) is 29.9 Å². The number of halogens is 1. The number of nitrogens with one attached hydrogen (secondary N) is 1. The van der Waals surface area contributed by atoms with E-state index in [0.29, 0.717) is 11.5 Å². The van der Waals surface area contributed by atoms with Gasteiger partial charge in [-0.25, -0.2) is 4.39 Å². The van der Waals surface area contributed by atoms with Crippen molar-refractivity contribution < 1.29 is 9.13 Å². The van der Waals surface area contributed by atoms with Gasteiger partial charge in [0.2, 0.25) is 0 Å². The van der Waals surface area contributed by atoms with Crippen molar-refractivity contribution >= 4 is 0 Å². The molecule has 110 valence electrons. The Kier molecular flexibility index (Phi) is 4.51. The Morgan fingerprint density at radius 2 is 1.90 bits per heavy atom. The van der Waals surface area contributed by atoms with Gasteiger partial charge in [0.25, 0.3) is 0 Å². The first-order chi connectivity index (χ1) is 10.3. The number of ether oxygens (including phenoxy) is 1. The minimum Gasteiger partial charge on any atom is -0.489 e. The highest BCUT2D eigenvalue weighted by Crippen LogP contribution is 2.25. The van der Waals surface area contributed by atoms with Gasteiger partial charge in [0.15, 0.2) is 0 Å². The lowest BCUT2D eigenvalue weighted by Gasteiger charge is -2.23. The first-order valence-electron chi connectivity index (χ1n) is 7.50. The fourth-order valence-electron chi connectivity index (χ4n) is 2.75. The maximum atomic E-state index is 13.5. The van der Waals surface area contributed by atoms with E-state index < -0.39 is 0 Å². The van der Waals surface area contributed by atoms with Gasteiger partial charge in [-0.2, -0.15) is 0 Å². The summed E-state index contributed by atoms with van der Waals surface area (Å²) >= 11 is 0. The van der Waals surface area contributed by atoms with E-state index in [1.807, 2.05) is 18.2 Å². The molecule has 1 atom stereocenters. The van der Waals surface area contributed by atoms with E-state index >= 15 is 0 Å². The van der Waals surface area contributed by atoms with E-state index in [2.05, 4.69) is 17.4 Å². The molecule has 1 aliphatic heterocycles. The molecule has 0 aromatic heterocycles. The van der Waals surface area contributed by atoms with E-state index in [1.165, 1.54) is 24.5 Å². The van der Waals surface area contributed by atoms with Gasteiger partial charge in [0, 0.05) is 12.1 Å². The number of piperidine rings is 1. The van der Waals surface area contributed by atoms with Gasteiger partial charge in [0.05, 0.1) is 0 Å². The second-order valence-corrected chi connectivity index (χ2v) is 5.49. The van der Waals surface area contributed by atoms with Gasteiger partial charge in [-0.05, 0) is 49.1 Å². The second-order valence-electron chi connectivity index (χ2n) is 5.49. The summed E-state index contributed by atoms with van der Waals surface area (Å²) in [7, 11) is 0. The quantitative estimate of drug-likeness (QED) is 0.920. The van der Waals surface area contributed by atoms with Crippen LogP contribution in [0.15, 0.2) is 48.5 Å². The Hall–Kier alpha value is -1.87. The molecule has 1 aliphatic rings. The van der Waals surface area contributed by atoms with Crippen LogP contribution in [0, 0.1) is 5.82 Å². The third-order valence-corrected chi connectivity index (χ3v) is 4.00. The summed E-state index contributed by atoms with van der Waals surface area (Å²) in [5.74, 6) is 1.16. The molecule has 1 N–H and O–H groups in total. The normalized spacial score (nSPS) is 18.4. The summed E-state index contributed by atoms with van der Waals surface area (Å²) in [5, 5.41) is 3.43. The van der Waals surface area contributed by atoms with Gasteiger partial charge >= 0.3 is 0 Å². The molecule has 1 saturated heterocycles. The average molecular weight is 285 g/mol. The zero-order valence-electron chi connectivity index (χ0n) is 12.0. The topological polar surface area (TPSA) is 21.3 Å². The van der Waals surface area contributed by atoms with Crippen LogP contribution in [-0.2, 0) is 6.61 Å². The van der Waals surface area contributed by atoms with Crippen molar-refractivity contribution in [2.24, 2.45) is 0 Å². The van der Waals surface area contributed by atoms with E-state index in [-0.39, 0.29) is 12.4 Å². The summed E-state index contributed by atoms with van der Waals surface area (Å²) < 4.78 is 19.2. The molecule has 1 unspecified atom stereocenters.